The highest BCUT2D eigenvalue weighted by molar-refractivity contribution is 5.61. The van der Waals surface area contributed by atoms with Crippen molar-refractivity contribution in [2.75, 3.05) is 23.3 Å². The molecule has 1 heterocycles. The maximum atomic E-state index is 4.72. The van der Waals surface area contributed by atoms with Crippen molar-refractivity contribution in [2.24, 2.45) is 0 Å². The van der Waals surface area contributed by atoms with Crippen LogP contribution in [0.4, 0.5) is 17.5 Å². The van der Waals surface area contributed by atoms with E-state index in [1.807, 2.05) is 37.3 Å². The van der Waals surface area contributed by atoms with Gasteiger partial charge in [0.25, 0.3) is 0 Å². The van der Waals surface area contributed by atoms with Crippen molar-refractivity contribution >= 4 is 17.5 Å². The summed E-state index contributed by atoms with van der Waals surface area (Å²) < 4.78 is 0. The predicted octanol–water partition coefficient (Wildman–Crippen LogP) is 4.60. The molecule has 0 saturated heterocycles. The quantitative estimate of drug-likeness (QED) is 0.686. The lowest BCUT2D eigenvalue weighted by Crippen LogP contribution is -2.19. The van der Waals surface area contributed by atoms with Gasteiger partial charge in [0.15, 0.2) is 0 Å². The molecule has 3 rings (SSSR count). The second kappa shape index (κ2) is 8.29. The zero-order valence-electron chi connectivity index (χ0n) is 14.8. The molecule has 0 saturated carbocycles. The molecule has 0 bridgehead atoms. The van der Waals surface area contributed by atoms with Crippen molar-refractivity contribution in [3.8, 4) is 0 Å². The average Bonchev–Trinajstić information content (AvgIpc) is 2.64. The summed E-state index contributed by atoms with van der Waals surface area (Å²) in [6.07, 6.45) is 0.948. The first-order chi connectivity index (χ1) is 12.3. The van der Waals surface area contributed by atoms with E-state index in [2.05, 4.69) is 58.5 Å². The molecule has 0 aliphatic heterocycles. The summed E-state index contributed by atoms with van der Waals surface area (Å²) in [6, 6.07) is 22.8. The van der Waals surface area contributed by atoms with Gasteiger partial charge in [0.1, 0.15) is 5.82 Å². The van der Waals surface area contributed by atoms with Crippen LogP contribution in [-0.4, -0.2) is 23.1 Å². The van der Waals surface area contributed by atoms with E-state index < -0.39 is 0 Å². The van der Waals surface area contributed by atoms with Gasteiger partial charge in [0.2, 0.25) is 5.95 Å². The molecule has 0 radical (unpaired) electrons. The van der Waals surface area contributed by atoms with Crippen LogP contribution in [0.3, 0.4) is 0 Å². The molecule has 4 heteroatoms. The number of hydrogen-bond donors (Lipinski definition) is 1. The number of hydrogen-bond acceptors (Lipinski definition) is 4. The van der Waals surface area contributed by atoms with Gasteiger partial charge in [0, 0.05) is 30.5 Å². The van der Waals surface area contributed by atoms with E-state index in [9.17, 15) is 0 Å². The Morgan fingerprint density at radius 1 is 0.920 bits per heavy atom. The Hall–Kier alpha value is -2.88. The molecule has 25 heavy (non-hydrogen) atoms. The fraction of sp³-hybridized carbons (Fsp3) is 0.238. The van der Waals surface area contributed by atoms with Gasteiger partial charge in [-0.05, 0) is 38.0 Å². The normalized spacial score (nSPS) is 10.5. The molecular weight excluding hydrogens is 308 g/mol. The van der Waals surface area contributed by atoms with E-state index in [0.717, 1.165) is 36.7 Å². The molecule has 1 N–H and O–H groups in total. The molecule has 4 nitrogen and oxygen atoms in total. The van der Waals surface area contributed by atoms with Gasteiger partial charge in [-0.15, -0.1) is 0 Å². The number of anilines is 3. The minimum Gasteiger partial charge on any atom is -0.354 e. The number of nitrogens with zero attached hydrogens (tertiary/aromatic N) is 3. The van der Waals surface area contributed by atoms with E-state index in [1.165, 1.54) is 5.56 Å². The van der Waals surface area contributed by atoms with Crippen LogP contribution >= 0.6 is 0 Å². The summed E-state index contributed by atoms with van der Waals surface area (Å²) in [6.45, 7) is 5.80. The van der Waals surface area contributed by atoms with Crippen LogP contribution in [0, 0.1) is 6.92 Å². The van der Waals surface area contributed by atoms with Crippen LogP contribution in [0.15, 0.2) is 66.7 Å². The van der Waals surface area contributed by atoms with Crippen LogP contribution in [0.25, 0.3) is 0 Å². The van der Waals surface area contributed by atoms with E-state index in [0.29, 0.717) is 5.95 Å². The zero-order valence-corrected chi connectivity index (χ0v) is 14.8. The number of aromatic nitrogens is 2. The van der Waals surface area contributed by atoms with Gasteiger partial charge in [-0.1, -0.05) is 48.5 Å². The minimum atomic E-state index is 0.681. The van der Waals surface area contributed by atoms with E-state index in [-0.39, 0.29) is 0 Å². The van der Waals surface area contributed by atoms with Crippen molar-refractivity contribution < 1.29 is 0 Å². The summed E-state index contributed by atoms with van der Waals surface area (Å²) in [5.74, 6) is 1.60. The highest BCUT2D eigenvalue weighted by Crippen LogP contribution is 2.24. The monoisotopic (exact) mass is 332 g/mol. The lowest BCUT2D eigenvalue weighted by atomic mass is 10.1. The standard InChI is InChI=1S/C21H24N4/c1-3-25(19-12-8-5-9-13-19)20-16-17(2)23-21(24-20)22-15-14-18-10-6-4-7-11-18/h4-13,16H,3,14-15H2,1-2H3,(H,22,23,24). The van der Waals surface area contributed by atoms with Crippen LogP contribution in [0.1, 0.15) is 18.2 Å². The summed E-state index contributed by atoms with van der Waals surface area (Å²) in [5, 5.41) is 3.36. The molecule has 0 atom stereocenters. The van der Waals surface area contributed by atoms with Gasteiger partial charge in [-0.2, -0.15) is 4.98 Å². The molecule has 0 aliphatic rings. The molecule has 0 amide bonds. The highest BCUT2D eigenvalue weighted by Gasteiger charge is 2.11. The first-order valence-electron chi connectivity index (χ1n) is 8.72. The first-order valence-corrected chi connectivity index (χ1v) is 8.72. The van der Waals surface area contributed by atoms with E-state index in [1.54, 1.807) is 0 Å². The Kier molecular flexibility index (Phi) is 5.62. The van der Waals surface area contributed by atoms with Crippen molar-refractivity contribution in [2.45, 2.75) is 20.3 Å². The van der Waals surface area contributed by atoms with Crippen LogP contribution in [0.5, 0.6) is 0 Å². The molecule has 128 valence electrons. The third kappa shape index (κ3) is 4.57. The number of nitrogens with one attached hydrogen (secondary N) is 1. The second-order valence-corrected chi connectivity index (χ2v) is 5.93. The molecular formula is C21H24N4. The third-order valence-corrected chi connectivity index (χ3v) is 4.04. The third-order valence-electron chi connectivity index (χ3n) is 4.04. The van der Waals surface area contributed by atoms with Crippen molar-refractivity contribution in [3.63, 3.8) is 0 Å². The largest absolute Gasteiger partial charge is 0.354 e. The molecule has 0 aliphatic carbocycles. The molecule has 1 aromatic heterocycles. The summed E-state index contributed by atoms with van der Waals surface area (Å²) >= 11 is 0. The predicted molar refractivity (Wildman–Crippen MR) is 105 cm³/mol. The summed E-state index contributed by atoms with van der Waals surface area (Å²) in [4.78, 5) is 11.4. The van der Waals surface area contributed by atoms with Gasteiger partial charge in [0.05, 0.1) is 0 Å². The van der Waals surface area contributed by atoms with Gasteiger partial charge >= 0.3 is 0 Å². The zero-order chi connectivity index (χ0) is 17.5. The van der Waals surface area contributed by atoms with Crippen molar-refractivity contribution in [3.05, 3.63) is 78.0 Å². The fourth-order valence-electron chi connectivity index (χ4n) is 2.82. The Morgan fingerprint density at radius 3 is 2.28 bits per heavy atom. The Balaban J connectivity index is 1.73. The van der Waals surface area contributed by atoms with Crippen LogP contribution in [-0.2, 0) is 6.42 Å². The molecule has 0 unspecified atom stereocenters. The Labute approximate surface area is 149 Å². The molecule has 0 fully saturated rings. The fourth-order valence-corrected chi connectivity index (χ4v) is 2.82. The lowest BCUT2D eigenvalue weighted by Gasteiger charge is -2.23. The maximum Gasteiger partial charge on any atom is 0.224 e. The first kappa shape index (κ1) is 17.0. The van der Waals surface area contributed by atoms with Crippen molar-refractivity contribution in [1.29, 1.82) is 0 Å². The molecule has 2 aromatic carbocycles. The molecule has 0 spiro atoms. The average molecular weight is 332 g/mol. The second-order valence-electron chi connectivity index (χ2n) is 5.93. The lowest BCUT2D eigenvalue weighted by molar-refractivity contribution is 0.941. The van der Waals surface area contributed by atoms with Gasteiger partial charge in [-0.25, -0.2) is 4.98 Å². The van der Waals surface area contributed by atoms with E-state index >= 15 is 0 Å². The number of benzene rings is 2. The summed E-state index contributed by atoms with van der Waals surface area (Å²) in [5.41, 5.74) is 3.40. The van der Waals surface area contributed by atoms with Crippen LogP contribution in [0.2, 0.25) is 0 Å². The highest BCUT2D eigenvalue weighted by atomic mass is 15.2. The van der Waals surface area contributed by atoms with Gasteiger partial charge in [-0.3, -0.25) is 0 Å². The maximum absolute atomic E-state index is 4.72. The number of aryl methyl sites for hydroxylation is 1. The number of rotatable bonds is 7. The van der Waals surface area contributed by atoms with Crippen molar-refractivity contribution in [1.82, 2.24) is 9.97 Å². The SMILES string of the molecule is CCN(c1ccccc1)c1cc(C)nc(NCCc2ccccc2)n1. The smallest absolute Gasteiger partial charge is 0.224 e. The minimum absolute atomic E-state index is 0.681. The topological polar surface area (TPSA) is 41.1 Å². The van der Waals surface area contributed by atoms with E-state index in [4.69, 9.17) is 4.98 Å². The Bertz CT molecular complexity index is 788. The van der Waals surface area contributed by atoms with Crippen LogP contribution < -0.4 is 10.2 Å². The van der Waals surface area contributed by atoms with Gasteiger partial charge < -0.3 is 10.2 Å². The Morgan fingerprint density at radius 2 is 1.60 bits per heavy atom. The number of para-hydroxylation sites is 1. The molecule has 3 aromatic rings. The summed E-state index contributed by atoms with van der Waals surface area (Å²) in [7, 11) is 0.